The average Bonchev–Trinajstić information content (AvgIpc) is 2.48. The van der Waals surface area contributed by atoms with Crippen molar-refractivity contribution in [2.24, 2.45) is 5.92 Å². The minimum absolute atomic E-state index is 0.0226. The van der Waals surface area contributed by atoms with E-state index in [4.69, 9.17) is 16.7 Å². The van der Waals surface area contributed by atoms with Crippen LogP contribution in [0.1, 0.15) is 18.4 Å². The van der Waals surface area contributed by atoms with Crippen molar-refractivity contribution in [1.82, 2.24) is 4.90 Å². The quantitative estimate of drug-likeness (QED) is 0.861. The number of carboxylic acid groups (broad SMARTS) is 1. The van der Waals surface area contributed by atoms with Crippen LogP contribution in [0.5, 0.6) is 0 Å². The van der Waals surface area contributed by atoms with Crippen LogP contribution in [-0.4, -0.2) is 48.4 Å². The van der Waals surface area contributed by atoms with E-state index < -0.39 is 28.3 Å². The molecule has 0 radical (unpaired) electrons. The smallest absolute Gasteiger partial charge is 0.323 e. The molecule has 1 aromatic rings. The molecule has 126 valence electrons. The van der Waals surface area contributed by atoms with Gasteiger partial charge in [0, 0.05) is 17.5 Å². The Kier molecular flexibility index (Phi) is 5.64. The van der Waals surface area contributed by atoms with Gasteiger partial charge in [-0.15, -0.1) is 0 Å². The minimum Gasteiger partial charge on any atom is -0.480 e. The monoisotopic (exact) mass is 359 g/mol. The van der Waals surface area contributed by atoms with Gasteiger partial charge in [-0.3, -0.25) is 9.59 Å². The molecule has 1 heterocycles. The lowest BCUT2D eigenvalue weighted by Gasteiger charge is -2.28. The molecule has 2 rings (SSSR count). The number of carbonyl (C=O) groups is 2. The third-order valence-electron chi connectivity index (χ3n) is 3.83. The maximum atomic E-state index is 12.6. The molecular formula is C15H18ClNO5S. The van der Waals surface area contributed by atoms with Crippen LogP contribution >= 0.6 is 11.6 Å². The number of halogens is 1. The van der Waals surface area contributed by atoms with Gasteiger partial charge in [0.05, 0.1) is 11.5 Å². The summed E-state index contributed by atoms with van der Waals surface area (Å²) in [5, 5.41) is 9.58. The summed E-state index contributed by atoms with van der Waals surface area (Å²) in [5.41, 5.74) is 0.771. The van der Waals surface area contributed by atoms with Crippen LogP contribution in [0, 0.1) is 5.92 Å². The van der Waals surface area contributed by atoms with Gasteiger partial charge in [0.25, 0.3) is 0 Å². The molecule has 1 amide bonds. The minimum atomic E-state index is -3.06. The van der Waals surface area contributed by atoms with Crippen molar-refractivity contribution in [1.29, 1.82) is 0 Å². The Bertz CT molecular complexity index is 672. The summed E-state index contributed by atoms with van der Waals surface area (Å²) in [6.07, 6.45) is 0.496. The number of sulfone groups is 1. The molecule has 1 aliphatic heterocycles. The summed E-state index contributed by atoms with van der Waals surface area (Å²) < 4.78 is 22.9. The van der Waals surface area contributed by atoms with Crippen molar-refractivity contribution in [3.63, 3.8) is 0 Å². The largest absolute Gasteiger partial charge is 0.480 e. The number of amides is 1. The SMILES string of the molecule is O=C(O)CN(Cc1ccc(Cl)cc1)C(=O)C1CCS(=O)(=O)CC1. The zero-order chi connectivity index (χ0) is 17.0. The number of carbonyl (C=O) groups excluding carboxylic acids is 1. The van der Waals surface area contributed by atoms with Crippen LogP contribution in [0.4, 0.5) is 0 Å². The van der Waals surface area contributed by atoms with E-state index in [1.165, 1.54) is 4.90 Å². The van der Waals surface area contributed by atoms with E-state index in [9.17, 15) is 18.0 Å². The topological polar surface area (TPSA) is 91.8 Å². The van der Waals surface area contributed by atoms with Gasteiger partial charge in [0.1, 0.15) is 16.4 Å². The molecule has 0 atom stereocenters. The fourth-order valence-corrected chi connectivity index (χ4v) is 4.20. The summed E-state index contributed by atoms with van der Waals surface area (Å²) in [7, 11) is -3.06. The van der Waals surface area contributed by atoms with Gasteiger partial charge in [-0.05, 0) is 30.5 Å². The standard InChI is InChI=1S/C15H18ClNO5S/c16-13-3-1-11(2-4-13)9-17(10-14(18)19)15(20)12-5-7-23(21,22)8-6-12/h1-4,12H,5-10H2,(H,18,19). The van der Waals surface area contributed by atoms with Crippen molar-refractivity contribution in [3.8, 4) is 0 Å². The second kappa shape index (κ2) is 7.31. The second-order valence-electron chi connectivity index (χ2n) is 5.64. The molecular weight excluding hydrogens is 342 g/mol. The van der Waals surface area contributed by atoms with E-state index in [2.05, 4.69) is 0 Å². The summed E-state index contributed by atoms with van der Waals surface area (Å²) >= 11 is 5.81. The highest BCUT2D eigenvalue weighted by molar-refractivity contribution is 7.91. The Balaban J connectivity index is 2.09. The third-order valence-corrected chi connectivity index (χ3v) is 5.80. The van der Waals surface area contributed by atoms with Gasteiger partial charge in [-0.2, -0.15) is 0 Å². The second-order valence-corrected chi connectivity index (χ2v) is 8.38. The molecule has 23 heavy (non-hydrogen) atoms. The Morgan fingerprint density at radius 3 is 2.26 bits per heavy atom. The molecule has 0 bridgehead atoms. The van der Waals surface area contributed by atoms with E-state index in [0.29, 0.717) is 5.02 Å². The fourth-order valence-electron chi connectivity index (χ4n) is 2.58. The Labute approximate surface area is 140 Å². The lowest BCUT2D eigenvalue weighted by atomic mass is 10.0. The lowest BCUT2D eigenvalue weighted by Crippen LogP contribution is -2.41. The van der Waals surface area contributed by atoms with E-state index >= 15 is 0 Å². The molecule has 0 spiro atoms. The Morgan fingerprint density at radius 2 is 1.74 bits per heavy atom. The molecule has 1 fully saturated rings. The van der Waals surface area contributed by atoms with Crippen LogP contribution in [0.2, 0.25) is 5.02 Å². The van der Waals surface area contributed by atoms with E-state index in [0.717, 1.165) is 5.56 Å². The van der Waals surface area contributed by atoms with E-state index in [1.54, 1.807) is 24.3 Å². The number of rotatable bonds is 5. The summed E-state index contributed by atoms with van der Waals surface area (Å²) in [5.74, 6) is -1.89. The zero-order valence-electron chi connectivity index (χ0n) is 12.4. The van der Waals surface area contributed by atoms with Crippen molar-refractivity contribution < 1.29 is 23.1 Å². The maximum Gasteiger partial charge on any atom is 0.323 e. The number of carboxylic acids is 1. The van der Waals surface area contributed by atoms with Gasteiger partial charge in [-0.1, -0.05) is 23.7 Å². The first-order chi connectivity index (χ1) is 10.8. The van der Waals surface area contributed by atoms with Crippen molar-refractivity contribution in [3.05, 3.63) is 34.9 Å². The van der Waals surface area contributed by atoms with Gasteiger partial charge in [-0.25, -0.2) is 8.42 Å². The highest BCUT2D eigenvalue weighted by Crippen LogP contribution is 2.22. The van der Waals surface area contributed by atoms with Crippen LogP contribution in [0.15, 0.2) is 24.3 Å². The fraction of sp³-hybridized carbons (Fsp3) is 0.467. The highest BCUT2D eigenvalue weighted by atomic mass is 35.5. The summed E-state index contributed by atoms with van der Waals surface area (Å²) in [4.78, 5) is 24.8. The molecule has 1 saturated heterocycles. The highest BCUT2D eigenvalue weighted by Gasteiger charge is 2.32. The van der Waals surface area contributed by atoms with Crippen LogP contribution in [0.25, 0.3) is 0 Å². The van der Waals surface area contributed by atoms with Crippen LogP contribution < -0.4 is 0 Å². The number of hydrogen-bond acceptors (Lipinski definition) is 4. The lowest BCUT2D eigenvalue weighted by molar-refractivity contribution is -0.147. The zero-order valence-corrected chi connectivity index (χ0v) is 14.0. The number of hydrogen-bond donors (Lipinski definition) is 1. The van der Waals surface area contributed by atoms with Crippen LogP contribution in [-0.2, 0) is 26.0 Å². The maximum absolute atomic E-state index is 12.6. The van der Waals surface area contributed by atoms with E-state index in [1.807, 2.05) is 0 Å². The van der Waals surface area contributed by atoms with E-state index in [-0.39, 0.29) is 36.8 Å². The predicted octanol–water partition coefficient (Wildman–Crippen LogP) is 1.58. The van der Waals surface area contributed by atoms with Gasteiger partial charge < -0.3 is 10.0 Å². The first-order valence-corrected chi connectivity index (χ1v) is 9.42. The number of nitrogens with zero attached hydrogens (tertiary/aromatic N) is 1. The summed E-state index contributed by atoms with van der Waals surface area (Å²) in [6.45, 7) is -0.254. The van der Waals surface area contributed by atoms with Crippen molar-refractivity contribution in [2.45, 2.75) is 19.4 Å². The third kappa shape index (κ3) is 5.21. The molecule has 1 aromatic carbocycles. The predicted molar refractivity (Wildman–Crippen MR) is 85.9 cm³/mol. The van der Waals surface area contributed by atoms with Gasteiger partial charge >= 0.3 is 5.97 Å². The number of aliphatic carboxylic acids is 1. The Morgan fingerprint density at radius 1 is 1.17 bits per heavy atom. The first kappa shape index (κ1) is 17.7. The molecule has 8 heteroatoms. The summed E-state index contributed by atoms with van der Waals surface area (Å²) in [6, 6.07) is 6.81. The first-order valence-electron chi connectivity index (χ1n) is 7.22. The average molecular weight is 360 g/mol. The molecule has 6 nitrogen and oxygen atoms in total. The molecule has 0 unspecified atom stereocenters. The number of benzene rings is 1. The van der Waals surface area contributed by atoms with Crippen molar-refractivity contribution >= 4 is 33.3 Å². The molecule has 0 aromatic heterocycles. The van der Waals surface area contributed by atoms with Gasteiger partial charge in [0.2, 0.25) is 5.91 Å². The van der Waals surface area contributed by atoms with Crippen LogP contribution in [0.3, 0.4) is 0 Å². The molecule has 0 aliphatic carbocycles. The Hall–Kier alpha value is -1.60. The molecule has 0 saturated carbocycles. The van der Waals surface area contributed by atoms with Crippen molar-refractivity contribution in [2.75, 3.05) is 18.1 Å². The molecule has 1 N–H and O–H groups in total. The normalized spacial score (nSPS) is 17.6. The van der Waals surface area contributed by atoms with Gasteiger partial charge in [0.15, 0.2) is 0 Å². The molecule has 1 aliphatic rings.